The summed E-state index contributed by atoms with van der Waals surface area (Å²) in [5.74, 6) is -0.364. The lowest BCUT2D eigenvalue weighted by Crippen LogP contribution is -2.40. The van der Waals surface area contributed by atoms with Crippen LogP contribution in [0.1, 0.15) is 38.7 Å². The first kappa shape index (κ1) is 17.1. The van der Waals surface area contributed by atoms with Crippen LogP contribution in [0.25, 0.3) is 0 Å². The fraction of sp³-hybridized carbons (Fsp3) is 0.471. The van der Waals surface area contributed by atoms with E-state index in [0.29, 0.717) is 18.5 Å². The predicted molar refractivity (Wildman–Crippen MR) is 87.3 cm³/mol. The molecule has 1 aromatic carbocycles. The largest absolute Gasteiger partial charge is 0.325 e. The molecule has 2 unspecified atom stereocenters. The standard InChI is InChI=1S/C17H23N3O3/c1-3-11(2)16(18)17(23)19-13-6-4-12(5-7-13)10-20-14(21)8-9-15(20)22/h4-7,11,16H,3,8-10,18H2,1-2H3,(H,19,23). The van der Waals surface area contributed by atoms with E-state index in [-0.39, 0.29) is 30.2 Å². The number of imide groups is 1. The van der Waals surface area contributed by atoms with Gasteiger partial charge in [0, 0.05) is 18.5 Å². The van der Waals surface area contributed by atoms with Crippen LogP contribution in [0.5, 0.6) is 0 Å². The van der Waals surface area contributed by atoms with Crippen LogP contribution in [0.15, 0.2) is 24.3 Å². The molecule has 1 fully saturated rings. The summed E-state index contributed by atoms with van der Waals surface area (Å²) in [5.41, 5.74) is 7.39. The van der Waals surface area contributed by atoms with Gasteiger partial charge in [-0.1, -0.05) is 32.4 Å². The molecule has 1 heterocycles. The molecule has 0 aromatic heterocycles. The highest BCUT2D eigenvalue weighted by molar-refractivity contribution is 6.01. The maximum absolute atomic E-state index is 12.0. The summed E-state index contributed by atoms with van der Waals surface area (Å²) in [4.78, 5) is 36.5. The summed E-state index contributed by atoms with van der Waals surface area (Å²) in [6, 6.07) is 6.55. The van der Waals surface area contributed by atoms with Crippen molar-refractivity contribution in [2.75, 3.05) is 5.32 Å². The van der Waals surface area contributed by atoms with E-state index in [1.807, 2.05) is 13.8 Å². The average molecular weight is 317 g/mol. The average Bonchev–Trinajstić information content (AvgIpc) is 2.87. The van der Waals surface area contributed by atoms with Crippen LogP contribution in [-0.4, -0.2) is 28.7 Å². The molecule has 1 aliphatic heterocycles. The van der Waals surface area contributed by atoms with Crippen LogP contribution in [0.2, 0.25) is 0 Å². The number of anilines is 1. The second-order valence-electron chi connectivity index (χ2n) is 5.97. The minimum Gasteiger partial charge on any atom is -0.325 e. The van der Waals surface area contributed by atoms with Crippen LogP contribution in [-0.2, 0) is 20.9 Å². The van der Waals surface area contributed by atoms with E-state index in [9.17, 15) is 14.4 Å². The Hall–Kier alpha value is -2.21. The number of hydrogen-bond donors (Lipinski definition) is 2. The molecule has 0 aliphatic carbocycles. The Kier molecular flexibility index (Phi) is 5.50. The first-order valence-corrected chi connectivity index (χ1v) is 7.91. The summed E-state index contributed by atoms with van der Waals surface area (Å²) < 4.78 is 0. The van der Waals surface area contributed by atoms with Gasteiger partial charge in [0.05, 0.1) is 12.6 Å². The molecule has 0 spiro atoms. The normalized spacial score (nSPS) is 17.3. The second kappa shape index (κ2) is 7.37. The SMILES string of the molecule is CCC(C)C(N)C(=O)Nc1ccc(CN2C(=O)CCC2=O)cc1. The van der Waals surface area contributed by atoms with Crippen LogP contribution < -0.4 is 11.1 Å². The van der Waals surface area contributed by atoms with Gasteiger partial charge < -0.3 is 11.1 Å². The summed E-state index contributed by atoms with van der Waals surface area (Å²) in [6.07, 6.45) is 1.42. The predicted octanol–water partition coefficient (Wildman–Crippen LogP) is 1.65. The number of nitrogens with zero attached hydrogens (tertiary/aromatic N) is 1. The topological polar surface area (TPSA) is 92.5 Å². The fourth-order valence-corrected chi connectivity index (χ4v) is 2.41. The summed E-state index contributed by atoms with van der Waals surface area (Å²) in [6.45, 7) is 4.21. The Morgan fingerprint density at radius 1 is 1.22 bits per heavy atom. The zero-order chi connectivity index (χ0) is 17.0. The van der Waals surface area contributed by atoms with Crippen LogP contribution in [0, 0.1) is 5.92 Å². The number of likely N-dealkylation sites (tertiary alicyclic amines) is 1. The van der Waals surface area contributed by atoms with Gasteiger partial charge in [-0.3, -0.25) is 19.3 Å². The van der Waals surface area contributed by atoms with Crippen LogP contribution in [0.3, 0.4) is 0 Å². The molecular formula is C17H23N3O3. The van der Waals surface area contributed by atoms with Crippen LogP contribution in [0.4, 0.5) is 5.69 Å². The molecule has 0 radical (unpaired) electrons. The van der Waals surface area contributed by atoms with Crippen molar-refractivity contribution in [3.05, 3.63) is 29.8 Å². The van der Waals surface area contributed by atoms with Crippen LogP contribution >= 0.6 is 0 Å². The van der Waals surface area contributed by atoms with E-state index >= 15 is 0 Å². The number of benzene rings is 1. The summed E-state index contributed by atoms with van der Waals surface area (Å²) in [5, 5.41) is 2.78. The number of hydrogen-bond acceptors (Lipinski definition) is 4. The van der Waals surface area contributed by atoms with Gasteiger partial charge in [0.1, 0.15) is 0 Å². The van der Waals surface area contributed by atoms with Crippen molar-refractivity contribution in [3.63, 3.8) is 0 Å². The zero-order valence-electron chi connectivity index (χ0n) is 13.5. The Bertz CT molecular complexity index is 582. The fourth-order valence-electron chi connectivity index (χ4n) is 2.41. The van der Waals surface area contributed by atoms with Gasteiger partial charge in [-0.15, -0.1) is 0 Å². The van der Waals surface area contributed by atoms with Gasteiger partial charge in [0.25, 0.3) is 0 Å². The molecule has 0 bridgehead atoms. The minimum absolute atomic E-state index is 0.112. The number of nitrogens with two attached hydrogens (primary N) is 1. The maximum atomic E-state index is 12.0. The number of rotatable bonds is 6. The van der Waals surface area contributed by atoms with Crippen molar-refractivity contribution in [3.8, 4) is 0 Å². The number of nitrogens with one attached hydrogen (secondary N) is 1. The quantitative estimate of drug-likeness (QED) is 0.780. The van der Waals surface area contributed by atoms with E-state index in [4.69, 9.17) is 5.73 Å². The molecule has 1 aromatic rings. The highest BCUT2D eigenvalue weighted by atomic mass is 16.2. The lowest BCUT2D eigenvalue weighted by Gasteiger charge is -2.18. The smallest absolute Gasteiger partial charge is 0.241 e. The molecule has 6 heteroatoms. The first-order valence-electron chi connectivity index (χ1n) is 7.91. The van der Waals surface area contributed by atoms with Gasteiger partial charge in [-0.05, 0) is 23.6 Å². The number of carbonyl (C=O) groups excluding carboxylic acids is 3. The van der Waals surface area contributed by atoms with Gasteiger partial charge in [0.15, 0.2) is 0 Å². The molecule has 124 valence electrons. The van der Waals surface area contributed by atoms with Crippen molar-refractivity contribution >= 4 is 23.4 Å². The molecule has 0 saturated carbocycles. The summed E-state index contributed by atoms with van der Waals surface area (Å²) >= 11 is 0. The zero-order valence-corrected chi connectivity index (χ0v) is 13.5. The molecule has 6 nitrogen and oxygen atoms in total. The molecular weight excluding hydrogens is 294 g/mol. The molecule has 3 amide bonds. The van der Waals surface area contributed by atoms with Gasteiger partial charge in [0.2, 0.25) is 17.7 Å². The van der Waals surface area contributed by atoms with Gasteiger partial charge in [-0.2, -0.15) is 0 Å². The highest BCUT2D eigenvalue weighted by Crippen LogP contribution is 2.18. The Morgan fingerprint density at radius 2 is 1.78 bits per heavy atom. The van der Waals surface area contributed by atoms with Crippen molar-refractivity contribution in [1.82, 2.24) is 4.90 Å². The van der Waals surface area contributed by atoms with E-state index < -0.39 is 6.04 Å². The third kappa shape index (κ3) is 4.16. The molecule has 1 aliphatic rings. The van der Waals surface area contributed by atoms with Gasteiger partial charge >= 0.3 is 0 Å². The Labute approximate surface area is 136 Å². The molecule has 1 saturated heterocycles. The third-order valence-electron chi connectivity index (χ3n) is 4.28. The highest BCUT2D eigenvalue weighted by Gasteiger charge is 2.28. The lowest BCUT2D eigenvalue weighted by atomic mass is 9.99. The van der Waals surface area contributed by atoms with Crippen molar-refractivity contribution in [2.45, 2.75) is 45.7 Å². The van der Waals surface area contributed by atoms with E-state index in [1.54, 1.807) is 24.3 Å². The Balaban J connectivity index is 1.96. The number of amides is 3. The van der Waals surface area contributed by atoms with Gasteiger partial charge in [-0.25, -0.2) is 0 Å². The van der Waals surface area contributed by atoms with E-state index in [1.165, 1.54) is 4.90 Å². The summed E-state index contributed by atoms with van der Waals surface area (Å²) in [7, 11) is 0. The molecule has 3 N–H and O–H groups in total. The number of carbonyl (C=O) groups is 3. The first-order chi connectivity index (χ1) is 10.9. The third-order valence-corrected chi connectivity index (χ3v) is 4.28. The lowest BCUT2D eigenvalue weighted by molar-refractivity contribution is -0.139. The minimum atomic E-state index is -0.542. The van der Waals surface area contributed by atoms with Crippen molar-refractivity contribution in [1.29, 1.82) is 0 Å². The van der Waals surface area contributed by atoms with Crippen molar-refractivity contribution < 1.29 is 14.4 Å². The van der Waals surface area contributed by atoms with E-state index in [2.05, 4.69) is 5.32 Å². The molecule has 2 atom stereocenters. The van der Waals surface area contributed by atoms with Crippen molar-refractivity contribution in [2.24, 2.45) is 11.7 Å². The molecule has 23 heavy (non-hydrogen) atoms. The monoisotopic (exact) mass is 317 g/mol. The Morgan fingerprint density at radius 3 is 2.30 bits per heavy atom. The maximum Gasteiger partial charge on any atom is 0.241 e. The van der Waals surface area contributed by atoms with E-state index in [0.717, 1.165) is 12.0 Å². The second-order valence-corrected chi connectivity index (χ2v) is 5.97. The molecule has 2 rings (SSSR count).